The van der Waals surface area contributed by atoms with Crippen molar-refractivity contribution in [1.29, 1.82) is 0 Å². The van der Waals surface area contributed by atoms with Crippen LogP contribution in [0.15, 0.2) is 71.6 Å². The SMILES string of the molecule is COc1ccccc1NS(=O)(=O)c1ccc(C(=O)N2CCCc3cc(C)ccc32)cc1. The maximum Gasteiger partial charge on any atom is 0.262 e. The average Bonchev–Trinajstić information content (AvgIpc) is 2.78. The summed E-state index contributed by atoms with van der Waals surface area (Å²) >= 11 is 0. The highest BCUT2D eigenvalue weighted by molar-refractivity contribution is 7.92. The Kier molecular flexibility index (Phi) is 5.69. The maximum atomic E-state index is 13.1. The number of anilines is 2. The van der Waals surface area contributed by atoms with Crippen LogP contribution in [0.4, 0.5) is 11.4 Å². The summed E-state index contributed by atoms with van der Waals surface area (Å²) in [5.74, 6) is 0.295. The second-order valence-corrected chi connectivity index (χ2v) is 9.21. The van der Waals surface area contributed by atoms with Gasteiger partial charge in [0.2, 0.25) is 0 Å². The molecule has 160 valence electrons. The van der Waals surface area contributed by atoms with Crippen LogP contribution < -0.4 is 14.4 Å². The Morgan fingerprint density at radius 2 is 1.77 bits per heavy atom. The van der Waals surface area contributed by atoms with Gasteiger partial charge < -0.3 is 9.64 Å². The van der Waals surface area contributed by atoms with Gasteiger partial charge in [0.05, 0.1) is 17.7 Å². The lowest BCUT2D eigenvalue weighted by Gasteiger charge is -2.30. The van der Waals surface area contributed by atoms with E-state index in [2.05, 4.69) is 10.8 Å². The Morgan fingerprint density at radius 3 is 2.52 bits per heavy atom. The number of sulfonamides is 1. The molecule has 3 aromatic carbocycles. The number of rotatable bonds is 5. The third-order valence-corrected chi connectivity index (χ3v) is 6.74. The van der Waals surface area contributed by atoms with Crippen LogP contribution in [0.25, 0.3) is 0 Å². The second kappa shape index (κ2) is 8.43. The number of aryl methyl sites for hydroxylation is 2. The van der Waals surface area contributed by atoms with E-state index in [1.165, 1.54) is 30.4 Å². The quantitative estimate of drug-likeness (QED) is 0.643. The molecule has 1 heterocycles. The van der Waals surface area contributed by atoms with Crippen LogP contribution in [0, 0.1) is 6.92 Å². The van der Waals surface area contributed by atoms with Gasteiger partial charge in [-0.25, -0.2) is 8.42 Å². The fourth-order valence-corrected chi connectivity index (χ4v) is 4.87. The van der Waals surface area contributed by atoms with Crippen molar-refractivity contribution in [2.45, 2.75) is 24.7 Å². The van der Waals surface area contributed by atoms with Gasteiger partial charge in [0, 0.05) is 17.8 Å². The van der Waals surface area contributed by atoms with Gasteiger partial charge in [0.15, 0.2) is 0 Å². The average molecular weight is 437 g/mol. The second-order valence-electron chi connectivity index (χ2n) is 7.52. The molecule has 7 heteroatoms. The highest BCUT2D eigenvalue weighted by Crippen LogP contribution is 2.30. The van der Waals surface area contributed by atoms with E-state index in [0.29, 0.717) is 23.5 Å². The molecule has 4 rings (SSSR count). The summed E-state index contributed by atoms with van der Waals surface area (Å²) in [5.41, 5.74) is 4.07. The molecule has 1 aliphatic rings. The van der Waals surface area contributed by atoms with Gasteiger partial charge in [-0.15, -0.1) is 0 Å². The number of methoxy groups -OCH3 is 1. The predicted octanol–water partition coefficient (Wildman–Crippen LogP) is 4.40. The number of hydrogen-bond donors (Lipinski definition) is 1. The van der Waals surface area contributed by atoms with Crippen molar-refractivity contribution in [3.8, 4) is 5.75 Å². The van der Waals surface area contributed by atoms with Crippen LogP contribution in [0.2, 0.25) is 0 Å². The van der Waals surface area contributed by atoms with E-state index < -0.39 is 10.0 Å². The molecule has 0 aliphatic carbocycles. The minimum absolute atomic E-state index is 0.0737. The number of carbonyl (C=O) groups is 1. The first-order chi connectivity index (χ1) is 14.9. The molecule has 0 fully saturated rings. The summed E-state index contributed by atoms with van der Waals surface area (Å²) in [6.07, 6.45) is 1.85. The summed E-state index contributed by atoms with van der Waals surface area (Å²) in [6.45, 7) is 2.68. The fourth-order valence-electron chi connectivity index (χ4n) is 3.80. The maximum absolute atomic E-state index is 13.1. The molecule has 0 saturated carbocycles. The molecular weight excluding hydrogens is 412 g/mol. The Labute approximate surface area is 182 Å². The lowest BCUT2D eigenvalue weighted by atomic mass is 9.99. The number of nitrogens with zero attached hydrogens (tertiary/aromatic N) is 1. The first-order valence-corrected chi connectivity index (χ1v) is 11.5. The summed E-state index contributed by atoms with van der Waals surface area (Å²) in [7, 11) is -2.34. The fraction of sp³-hybridized carbons (Fsp3) is 0.208. The molecule has 0 bridgehead atoms. The standard InChI is InChI=1S/C24H24N2O4S/c1-17-9-14-22-19(16-17)6-5-15-26(22)24(27)18-10-12-20(13-11-18)31(28,29)25-21-7-3-4-8-23(21)30-2/h3-4,7-14,16,25H,5-6,15H2,1-2H3. The Balaban J connectivity index is 1.57. The smallest absolute Gasteiger partial charge is 0.262 e. The van der Waals surface area contributed by atoms with Gasteiger partial charge in [-0.05, 0) is 67.8 Å². The van der Waals surface area contributed by atoms with Crippen LogP contribution in [0.3, 0.4) is 0 Å². The molecule has 1 aliphatic heterocycles. The van der Waals surface area contributed by atoms with Crippen molar-refractivity contribution >= 4 is 27.3 Å². The molecule has 0 saturated heterocycles. The molecule has 0 unspecified atom stereocenters. The summed E-state index contributed by atoms with van der Waals surface area (Å²) in [4.78, 5) is 15.0. The van der Waals surface area contributed by atoms with Crippen LogP contribution in [0.1, 0.15) is 27.9 Å². The van der Waals surface area contributed by atoms with Crippen molar-refractivity contribution in [1.82, 2.24) is 0 Å². The first-order valence-electron chi connectivity index (χ1n) is 10.1. The predicted molar refractivity (Wildman–Crippen MR) is 121 cm³/mol. The normalized spacial score (nSPS) is 13.4. The number of hydrogen-bond acceptors (Lipinski definition) is 4. The van der Waals surface area contributed by atoms with E-state index in [4.69, 9.17) is 4.74 Å². The van der Waals surface area contributed by atoms with Crippen LogP contribution in [-0.4, -0.2) is 28.0 Å². The molecule has 31 heavy (non-hydrogen) atoms. The van der Waals surface area contributed by atoms with Crippen LogP contribution in [-0.2, 0) is 16.4 Å². The molecule has 3 aromatic rings. The zero-order valence-electron chi connectivity index (χ0n) is 17.5. The van der Waals surface area contributed by atoms with Crippen molar-refractivity contribution in [3.05, 3.63) is 83.4 Å². The van der Waals surface area contributed by atoms with Crippen LogP contribution in [0.5, 0.6) is 5.75 Å². The lowest BCUT2D eigenvalue weighted by molar-refractivity contribution is 0.0985. The largest absolute Gasteiger partial charge is 0.495 e. The summed E-state index contributed by atoms with van der Waals surface area (Å²) in [5, 5.41) is 0. The highest BCUT2D eigenvalue weighted by Gasteiger charge is 2.24. The minimum atomic E-state index is -3.82. The first kappa shape index (κ1) is 20.9. The molecule has 0 aromatic heterocycles. The number of carbonyl (C=O) groups excluding carboxylic acids is 1. The van der Waals surface area contributed by atoms with Gasteiger partial charge in [-0.3, -0.25) is 9.52 Å². The summed E-state index contributed by atoms with van der Waals surface area (Å²) in [6, 6.07) is 18.9. The molecule has 0 atom stereocenters. The van der Waals surface area contributed by atoms with Gasteiger partial charge in [0.25, 0.3) is 15.9 Å². The molecule has 0 spiro atoms. The number of fused-ring (bicyclic) bond motifs is 1. The van der Waals surface area contributed by atoms with Crippen molar-refractivity contribution in [2.75, 3.05) is 23.3 Å². The van der Waals surface area contributed by atoms with Gasteiger partial charge in [-0.2, -0.15) is 0 Å². The topological polar surface area (TPSA) is 75.7 Å². The van der Waals surface area contributed by atoms with E-state index in [-0.39, 0.29) is 10.8 Å². The highest BCUT2D eigenvalue weighted by atomic mass is 32.2. The van der Waals surface area contributed by atoms with E-state index in [1.54, 1.807) is 41.3 Å². The Hall–Kier alpha value is -3.32. The molecule has 0 radical (unpaired) electrons. The zero-order chi connectivity index (χ0) is 22.0. The minimum Gasteiger partial charge on any atom is -0.495 e. The third kappa shape index (κ3) is 4.27. The Morgan fingerprint density at radius 1 is 1.03 bits per heavy atom. The Bertz CT molecular complexity index is 1220. The summed E-state index contributed by atoms with van der Waals surface area (Å²) < 4.78 is 33.3. The number of ether oxygens (including phenoxy) is 1. The van der Waals surface area contributed by atoms with Crippen LogP contribution >= 0.6 is 0 Å². The van der Waals surface area contributed by atoms with E-state index in [1.807, 2.05) is 19.1 Å². The molecule has 1 N–H and O–H groups in total. The van der Waals surface area contributed by atoms with E-state index in [0.717, 1.165) is 18.5 Å². The van der Waals surface area contributed by atoms with Gasteiger partial charge in [-0.1, -0.05) is 29.8 Å². The zero-order valence-corrected chi connectivity index (χ0v) is 18.3. The monoisotopic (exact) mass is 436 g/mol. The third-order valence-electron chi connectivity index (χ3n) is 5.36. The number of nitrogens with one attached hydrogen (secondary N) is 1. The van der Waals surface area contributed by atoms with Crippen molar-refractivity contribution < 1.29 is 17.9 Å². The van der Waals surface area contributed by atoms with Gasteiger partial charge >= 0.3 is 0 Å². The lowest BCUT2D eigenvalue weighted by Crippen LogP contribution is -2.35. The van der Waals surface area contributed by atoms with E-state index >= 15 is 0 Å². The van der Waals surface area contributed by atoms with Gasteiger partial charge in [0.1, 0.15) is 5.75 Å². The molecular formula is C24H24N2O4S. The molecule has 6 nitrogen and oxygen atoms in total. The molecule has 1 amide bonds. The van der Waals surface area contributed by atoms with Crippen molar-refractivity contribution in [3.63, 3.8) is 0 Å². The number of amides is 1. The van der Waals surface area contributed by atoms with Crippen molar-refractivity contribution in [2.24, 2.45) is 0 Å². The van der Waals surface area contributed by atoms with E-state index in [9.17, 15) is 13.2 Å². The number of benzene rings is 3. The number of para-hydroxylation sites is 2.